The number of aliphatic imine (C=N–C) groups is 1. The zero-order valence-corrected chi connectivity index (χ0v) is 19.4. The van der Waals surface area contributed by atoms with Gasteiger partial charge in [0.05, 0.1) is 12.2 Å². The van der Waals surface area contributed by atoms with Crippen LogP contribution in [-0.2, 0) is 12.0 Å². The van der Waals surface area contributed by atoms with Gasteiger partial charge in [-0.25, -0.2) is 9.37 Å². The van der Waals surface area contributed by atoms with Gasteiger partial charge in [0.15, 0.2) is 5.96 Å². The standard InChI is InChI=1S/C23H25FN4O.HI/c1-16-6-8-17(9-7-16)21-28-20(14-29-21)13-26-22(25-2)27-15-23(10-11-23)18-4-3-5-19(24)12-18;/h3-9,12,14H,10-11,13,15H2,1-2H3,(H2,25,26,27);1H. The van der Waals surface area contributed by atoms with E-state index in [2.05, 4.69) is 20.6 Å². The Labute approximate surface area is 193 Å². The summed E-state index contributed by atoms with van der Waals surface area (Å²) in [6, 6.07) is 15.0. The number of nitrogens with zero attached hydrogens (tertiary/aromatic N) is 2. The second-order valence-electron chi connectivity index (χ2n) is 7.58. The van der Waals surface area contributed by atoms with Gasteiger partial charge in [-0.1, -0.05) is 29.8 Å². The van der Waals surface area contributed by atoms with Crippen LogP contribution in [0.2, 0.25) is 0 Å². The quantitative estimate of drug-likeness (QED) is 0.279. The van der Waals surface area contributed by atoms with Crippen LogP contribution in [0.1, 0.15) is 29.7 Å². The van der Waals surface area contributed by atoms with Gasteiger partial charge in [-0.15, -0.1) is 24.0 Å². The van der Waals surface area contributed by atoms with Gasteiger partial charge < -0.3 is 15.1 Å². The maximum Gasteiger partial charge on any atom is 0.226 e. The van der Waals surface area contributed by atoms with Crippen LogP contribution in [0, 0.1) is 12.7 Å². The lowest BCUT2D eigenvalue weighted by Gasteiger charge is -2.19. The molecule has 1 aromatic heterocycles. The number of hydrogen-bond acceptors (Lipinski definition) is 3. The maximum atomic E-state index is 13.6. The first kappa shape index (κ1) is 22.3. The summed E-state index contributed by atoms with van der Waals surface area (Å²) < 4.78 is 19.2. The molecule has 4 rings (SSSR count). The zero-order valence-electron chi connectivity index (χ0n) is 17.1. The van der Waals surface area contributed by atoms with Crippen LogP contribution >= 0.6 is 24.0 Å². The molecule has 1 saturated carbocycles. The lowest BCUT2D eigenvalue weighted by atomic mass is 9.96. The molecule has 1 fully saturated rings. The fraction of sp³-hybridized carbons (Fsp3) is 0.304. The fourth-order valence-corrected chi connectivity index (χ4v) is 3.40. The number of rotatable bonds is 6. The molecule has 7 heteroatoms. The van der Waals surface area contributed by atoms with E-state index in [-0.39, 0.29) is 35.2 Å². The summed E-state index contributed by atoms with van der Waals surface area (Å²) in [5.74, 6) is 1.10. The third kappa shape index (κ3) is 5.19. The van der Waals surface area contributed by atoms with Crippen LogP contribution < -0.4 is 10.6 Å². The molecular formula is C23H26FIN4O. The summed E-state index contributed by atoms with van der Waals surface area (Å²) >= 11 is 0. The molecule has 1 aliphatic rings. The van der Waals surface area contributed by atoms with Crippen molar-refractivity contribution in [2.24, 2.45) is 4.99 Å². The molecule has 0 atom stereocenters. The predicted octanol–water partition coefficient (Wildman–Crippen LogP) is 4.80. The molecule has 0 amide bonds. The van der Waals surface area contributed by atoms with Crippen molar-refractivity contribution in [3.63, 3.8) is 0 Å². The van der Waals surface area contributed by atoms with Crippen molar-refractivity contribution in [1.29, 1.82) is 0 Å². The molecule has 5 nitrogen and oxygen atoms in total. The molecule has 30 heavy (non-hydrogen) atoms. The summed E-state index contributed by atoms with van der Waals surface area (Å²) in [6.07, 6.45) is 3.75. The van der Waals surface area contributed by atoms with E-state index < -0.39 is 0 Å². The minimum Gasteiger partial charge on any atom is -0.444 e. The largest absolute Gasteiger partial charge is 0.444 e. The van der Waals surface area contributed by atoms with Crippen LogP contribution in [0.25, 0.3) is 11.5 Å². The minimum atomic E-state index is -0.188. The van der Waals surface area contributed by atoms with Crippen molar-refractivity contribution in [1.82, 2.24) is 15.6 Å². The Morgan fingerprint density at radius 1 is 1.17 bits per heavy atom. The van der Waals surface area contributed by atoms with Crippen molar-refractivity contribution in [2.45, 2.75) is 31.7 Å². The van der Waals surface area contributed by atoms with Gasteiger partial charge in [0, 0.05) is 24.6 Å². The fourth-order valence-electron chi connectivity index (χ4n) is 3.40. The van der Waals surface area contributed by atoms with Crippen LogP contribution in [0.4, 0.5) is 4.39 Å². The van der Waals surface area contributed by atoms with Gasteiger partial charge in [0.1, 0.15) is 12.1 Å². The van der Waals surface area contributed by atoms with E-state index in [9.17, 15) is 4.39 Å². The molecule has 1 heterocycles. The molecule has 2 N–H and O–H groups in total. The number of oxazole rings is 1. The number of guanidine groups is 1. The molecule has 0 unspecified atom stereocenters. The van der Waals surface area contributed by atoms with Crippen molar-refractivity contribution in [3.05, 3.63) is 77.4 Å². The Kier molecular flexibility index (Phi) is 7.12. The normalized spacial score (nSPS) is 14.7. The zero-order chi connectivity index (χ0) is 20.3. The Morgan fingerprint density at radius 2 is 1.93 bits per heavy atom. The highest BCUT2D eigenvalue weighted by molar-refractivity contribution is 14.0. The summed E-state index contributed by atoms with van der Waals surface area (Å²) in [6.45, 7) is 3.26. The third-order valence-corrected chi connectivity index (χ3v) is 5.40. The number of aryl methyl sites for hydroxylation is 1. The Balaban J connectivity index is 0.00000256. The summed E-state index contributed by atoms with van der Waals surface area (Å²) in [5.41, 5.74) is 3.99. The van der Waals surface area contributed by atoms with Crippen molar-refractivity contribution in [3.8, 4) is 11.5 Å². The third-order valence-electron chi connectivity index (χ3n) is 5.40. The van der Waals surface area contributed by atoms with Crippen molar-refractivity contribution in [2.75, 3.05) is 13.6 Å². The van der Waals surface area contributed by atoms with E-state index in [1.165, 1.54) is 11.6 Å². The first-order valence-corrected chi connectivity index (χ1v) is 9.80. The van der Waals surface area contributed by atoms with Crippen molar-refractivity contribution < 1.29 is 8.81 Å². The first-order valence-electron chi connectivity index (χ1n) is 9.80. The second-order valence-corrected chi connectivity index (χ2v) is 7.58. The summed E-state index contributed by atoms with van der Waals surface area (Å²) in [4.78, 5) is 8.82. The van der Waals surface area contributed by atoms with Crippen LogP contribution in [-0.4, -0.2) is 24.5 Å². The van der Waals surface area contributed by atoms with Crippen molar-refractivity contribution >= 4 is 29.9 Å². The van der Waals surface area contributed by atoms with E-state index in [1.807, 2.05) is 37.3 Å². The number of benzene rings is 2. The molecule has 158 valence electrons. The minimum absolute atomic E-state index is 0. The first-order chi connectivity index (χ1) is 14.1. The lowest BCUT2D eigenvalue weighted by Crippen LogP contribution is -2.41. The van der Waals surface area contributed by atoms with Gasteiger partial charge in [-0.3, -0.25) is 4.99 Å². The van der Waals surface area contributed by atoms with Crippen LogP contribution in [0.5, 0.6) is 0 Å². The van der Waals surface area contributed by atoms with E-state index in [0.717, 1.165) is 29.7 Å². The molecule has 0 radical (unpaired) electrons. The summed E-state index contributed by atoms with van der Waals surface area (Å²) in [5, 5.41) is 6.63. The molecule has 3 aromatic rings. The molecule has 0 saturated heterocycles. The SMILES string of the molecule is CN=C(NCc1coc(-c2ccc(C)cc2)n1)NCC1(c2cccc(F)c2)CC1.I. The summed E-state index contributed by atoms with van der Waals surface area (Å²) in [7, 11) is 1.73. The average molecular weight is 520 g/mol. The molecule has 2 aromatic carbocycles. The molecule has 0 bridgehead atoms. The van der Waals surface area contributed by atoms with Crippen LogP contribution in [0.15, 0.2) is 64.2 Å². The highest BCUT2D eigenvalue weighted by Crippen LogP contribution is 2.47. The van der Waals surface area contributed by atoms with E-state index in [1.54, 1.807) is 25.4 Å². The Morgan fingerprint density at radius 3 is 2.60 bits per heavy atom. The topological polar surface area (TPSA) is 62.5 Å². The van der Waals surface area contributed by atoms with E-state index >= 15 is 0 Å². The average Bonchev–Trinajstić information content (AvgIpc) is 3.38. The maximum absolute atomic E-state index is 13.6. The number of halogens is 2. The monoisotopic (exact) mass is 520 g/mol. The second kappa shape index (κ2) is 9.59. The molecular weight excluding hydrogens is 494 g/mol. The smallest absolute Gasteiger partial charge is 0.226 e. The highest BCUT2D eigenvalue weighted by atomic mass is 127. The predicted molar refractivity (Wildman–Crippen MR) is 128 cm³/mol. The number of hydrogen-bond donors (Lipinski definition) is 2. The molecule has 0 aliphatic heterocycles. The van der Waals surface area contributed by atoms with Gasteiger partial charge >= 0.3 is 0 Å². The lowest BCUT2D eigenvalue weighted by molar-refractivity contribution is 0.572. The number of nitrogens with one attached hydrogen (secondary N) is 2. The van der Waals surface area contributed by atoms with Gasteiger partial charge in [0.25, 0.3) is 0 Å². The Hall–Kier alpha value is -2.42. The highest BCUT2D eigenvalue weighted by Gasteiger charge is 2.44. The van der Waals surface area contributed by atoms with Gasteiger partial charge in [-0.2, -0.15) is 0 Å². The van der Waals surface area contributed by atoms with Crippen LogP contribution in [0.3, 0.4) is 0 Å². The van der Waals surface area contributed by atoms with Gasteiger partial charge in [-0.05, 0) is 49.6 Å². The van der Waals surface area contributed by atoms with E-state index in [4.69, 9.17) is 4.42 Å². The van der Waals surface area contributed by atoms with E-state index in [0.29, 0.717) is 24.9 Å². The Bertz CT molecular complexity index is 1010. The molecule has 1 aliphatic carbocycles. The molecule has 0 spiro atoms. The number of aromatic nitrogens is 1. The van der Waals surface area contributed by atoms with Gasteiger partial charge in [0.2, 0.25) is 5.89 Å².